The first kappa shape index (κ1) is 25.4. The molecule has 0 bridgehead atoms. The normalized spacial score (nSPS) is 27.3. The quantitative estimate of drug-likeness (QED) is 0.361. The Morgan fingerprint density at radius 3 is 2.12 bits per heavy atom. The maximum atomic E-state index is 12.9. The molecule has 32 heavy (non-hydrogen) atoms. The van der Waals surface area contributed by atoms with E-state index in [0.717, 1.165) is 11.1 Å². The van der Waals surface area contributed by atoms with Crippen LogP contribution in [0.3, 0.4) is 0 Å². The number of carbonyl (C=O) groups excluding carboxylic acids is 3. The van der Waals surface area contributed by atoms with Gasteiger partial charge in [-0.2, -0.15) is 0 Å². The fourth-order valence-corrected chi connectivity index (χ4v) is 4.07. The highest BCUT2D eigenvalue weighted by molar-refractivity contribution is 5.89. The van der Waals surface area contributed by atoms with Crippen molar-refractivity contribution < 1.29 is 28.6 Å². The molecule has 6 heteroatoms. The number of esters is 3. The van der Waals surface area contributed by atoms with Crippen LogP contribution in [0.1, 0.15) is 64.7 Å². The summed E-state index contributed by atoms with van der Waals surface area (Å²) in [4.78, 5) is 36.5. The molecular formula is C26H34O6. The molecule has 0 N–H and O–H groups in total. The zero-order valence-electron chi connectivity index (χ0n) is 19.8. The molecule has 0 radical (unpaired) electrons. The lowest BCUT2D eigenvalue weighted by Gasteiger charge is -2.36. The summed E-state index contributed by atoms with van der Waals surface area (Å²) >= 11 is 0. The number of ether oxygens (including phenoxy) is 3. The Morgan fingerprint density at radius 2 is 1.56 bits per heavy atom. The van der Waals surface area contributed by atoms with Gasteiger partial charge in [-0.15, -0.1) is 0 Å². The molecule has 0 amide bonds. The van der Waals surface area contributed by atoms with E-state index in [4.69, 9.17) is 14.2 Å². The maximum Gasteiger partial charge on any atom is 0.338 e. The van der Waals surface area contributed by atoms with Crippen LogP contribution in [0.15, 0.2) is 53.6 Å². The van der Waals surface area contributed by atoms with E-state index in [-0.39, 0.29) is 17.8 Å². The summed E-state index contributed by atoms with van der Waals surface area (Å²) in [6.07, 6.45) is 3.24. The Bertz CT molecular complexity index is 868. The van der Waals surface area contributed by atoms with E-state index in [1.165, 1.54) is 13.8 Å². The van der Waals surface area contributed by atoms with E-state index in [1.54, 1.807) is 24.3 Å². The molecule has 0 aliphatic heterocycles. The van der Waals surface area contributed by atoms with Crippen LogP contribution in [0.4, 0.5) is 0 Å². The molecule has 1 aromatic carbocycles. The van der Waals surface area contributed by atoms with Crippen LogP contribution in [-0.4, -0.2) is 36.2 Å². The molecular weight excluding hydrogens is 408 g/mol. The van der Waals surface area contributed by atoms with Gasteiger partial charge in [0.1, 0.15) is 18.3 Å². The van der Waals surface area contributed by atoms with E-state index in [2.05, 4.69) is 0 Å². The van der Waals surface area contributed by atoms with Crippen molar-refractivity contribution in [2.24, 2.45) is 11.8 Å². The van der Waals surface area contributed by atoms with Crippen molar-refractivity contribution in [2.75, 3.05) is 0 Å². The number of benzene rings is 1. The van der Waals surface area contributed by atoms with Gasteiger partial charge in [-0.1, -0.05) is 43.7 Å². The zero-order valence-corrected chi connectivity index (χ0v) is 19.8. The summed E-state index contributed by atoms with van der Waals surface area (Å²) < 4.78 is 17.2. The van der Waals surface area contributed by atoms with Crippen LogP contribution in [-0.2, 0) is 23.8 Å². The third kappa shape index (κ3) is 7.36. The Balaban J connectivity index is 2.48. The Labute approximate surface area is 190 Å². The summed E-state index contributed by atoms with van der Waals surface area (Å²) in [5.74, 6) is -1.46. The SMILES string of the molecule is CC(=O)O[C@H]1/C=C(\C)[C@H](OC(C)=O)C/C=C(\C)C[C@H](OC(=O)c2ccccc2)[C@H]1C(C)C. The molecule has 0 spiro atoms. The van der Waals surface area contributed by atoms with Crippen molar-refractivity contribution in [3.05, 3.63) is 59.2 Å². The third-order valence-electron chi connectivity index (χ3n) is 5.60. The molecule has 4 atom stereocenters. The van der Waals surface area contributed by atoms with Gasteiger partial charge in [0.15, 0.2) is 0 Å². The van der Waals surface area contributed by atoms with E-state index in [1.807, 2.05) is 45.9 Å². The predicted octanol–water partition coefficient (Wildman–Crippen LogP) is 5.03. The minimum Gasteiger partial charge on any atom is -0.458 e. The van der Waals surface area contributed by atoms with Gasteiger partial charge in [-0.05, 0) is 43.5 Å². The molecule has 1 aromatic rings. The molecule has 174 valence electrons. The van der Waals surface area contributed by atoms with Gasteiger partial charge in [0.2, 0.25) is 0 Å². The maximum absolute atomic E-state index is 12.9. The first-order valence-corrected chi connectivity index (χ1v) is 11.0. The minimum atomic E-state index is -0.634. The molecule has 0 heterocycles. The number of rotatable bonds is 5. The van der Waals surface area contributed by atoms with Gasteiger partial charge in [-0.25, -0.2) is 4.79 Å². The van der Waals surface area contributed by atoms with Crippen LogP contribution in [0.5, 0.6) is 0 Å². The summed E-state index contributed by atoms with van der Waals surface area (Å²) in [5.41, 5.74) is 2.27. The number of carbonyl (C=O) groups is 3. The first-order valence-electron chi connectivity index (χ1n) is 11.0. The Hall–Kier alpha value is -2.89. The monoisotopic (exact) mass is 442 g/mol. The molecule has 1 aliphatic carbocycles. The second kappa shape index (κ2) is 11.7. The van der Waals surface area contributed by atoms with E-state index >= 15 is 0 Å². The number of hydrogen-bond acceptors (Lipinski definition) is 6. The lowest BCUT2D eigenvalue weighted by atomic mass is 9.80. The number of hydrogen-bond donors (Lipinski definition) is 0. The topological polar surface area (TPSA) is 78.9 Å². The van der Waals surface area contributed by atoms with Crippen molar-refractivity contribution in [1.29, 1.82) is 0 Å². The smallest absolute Gasteiger partial charge is 0.338 e. The van der Waals surface area contributed by atoms with Crippen LogP contribution in [0.25, 0.3) is 0 Å². The van der Waals surface area contributed by atoms with Crippen LogP contribution in [0, 0.1) is 11.8 Å². The highest BCUT2D eigenvalue weighted by Gasteiger charge is 2.37. The van der Waals surface area contributed by atoms with Gasteiger partial charge in [0.25, 0.3) is 0 Å². The fraction of sp³-hybridized carbons (Fsp3) is 0.500. The fourth-order valence-electron chi connectivity index (χ4n) is 4.07. The predicted molar refractivity (Wildman–Crippen MR) is 122 cm³/mol. The van der Waals surface area contributed by atoms with Gasteiger partial charge in [0, 0.05) is 32.6 Å². The van der Waals surface area contributed by atoms with Gasteiger partial charge >= 0.3 is 17.9 Å². The van der Waals surface area contributed by atoms with Crippen molar-refractivity contribution in [3.8, 4) is 0 Å². The molecule has 0 aromatic heterocycles. The van der Waals surface area contributed by atoms with E-state index < -0.39 is 30.3 Å². The van der Waals surface area contributed by atoms with Crippen molar-refractivity contribution in [1.82, 2.24) is 0 Å². The summed E-state index contributed by atoms with van der Waals surface area (Å²) in [6, 6.07) is 8.85. The average Bonchev–Trinajstić information content (AvgIpc) is 2.70. The standard InChI is InChI=1S/C26H34O6/c1-16(2)25-23(32-26(29)21-10-8-7-9-11-21)14-17(3)12-13-22(30-19(5)27)18(4)15-24(25)31-20(6)28/h7-12,15-16,22-25H,13-14H2,1-6H3/b17-12+,18-15+/t22-,23+,24+,25-/m1/s1. The second-order valence-corrected chi connectivity index (χ2v) is 8.70. The van der Waals surface area contributed by atoms with E-state index in [0.29, 0.717) is 18.4 Å². The minimum absolute atomic E-state index is 0.0383. The van der Waals surface area contributed by atoms with Crippen LogP contribution >= 0.6 is 0 Å². The summed E-state index contributed by atoms with van der Waals surface area (Å²) in [7, 11) is 0. The third-order valence-corrected chi connectivity index (χ3v) is 5.60. The van der Waals surface area contributed by atoms with Crippen LogP contribution in [0.2, 0.25) is 0 Å². The van der Waals surface area contributed by atoms with Crippen molar-refractivity contribution in [2.45, 2.75) is 72.7 Å². The lowest BCUT2D eigenvalue weighted by Crippen LogP contribution is -2.41. The molecule has 1 aliphatic rings. The zero-order chi connectivity index (χ0) is 23.8. The Kier molecular flexibility index (Phi) is 9.24. The lowest BCUT2D eigenvalue weighted by molar-refractivity contribution is -0.150. The second-order valence-electron chi connectivity index (χ2n) is 8.70. The van der Waals surface area contributed by atoms with Crippen LogP contribution < -0.4 is 0 Å². The van der Waals surface area contributed by atoms with Gasteiger partial charge < -0.3 is 14.2 Å². The highest BCUT2D eigenvalue weighted by Crippen LogP contribution is 2.32. The molecule has 6 nitrogen and oxygen atoms in total. The largest absolute Gasteiger partial charge is 0.458 e. The molecule has 0 unspecified atom stereocenters. The van der Waals surface area contributed by atoms with E-state index in [9.17, 15) is 14.4 Å². The summed E-state index contributed by atoms with van der Waals surface area (Å²) in [5, 5.41) is 0. The average molecular weight is 443 g/mol. The van der Waals surface area contributed by atoms with Gasteiger partial charge in [-0.3, -0.25) is 9.59 Å². The van der Waals surface area contributed by atoms with Crippen molar-refractivity contribution >= 4 is 17.9 Å². The van der Waals surface area contributed by atoms with Gasteiger partial charge in [0.05, 0.1) is 5.56 Å². The molecule has 0 saturated carbocycles. The molecule has 2 rings (SSSR count). The molecule has 0 fully saturated rings. The highest BCUT2D eigenvalue weighted by atomic mass is 16.6. The first-order chi connectivity index (χ1) is 15.1. The van der Waals surface area contributed by atoms with Crippen molar-refractivity contribution in [3.63, 3.8) is 0 Å². The summed E-state index contributed by atoms with van der Waals surface area (Å²) in [6.45, 7) is 10.6. The Morgan fingerprint density at radius 1 is 0.938 bits per heavy atom. The molecule has 0 saturated heterocycles.